The lowest BCUT2D eigenvalue weighted by atomic mass is 10.2. The lowest BCUT2D eigenvalue weighted by molar-refractivity contribution is 0.281. The predicted molar refractivity (Wildman–Crippen MR) is 74.2 cm³/mol. The van der Waals surface area contributed by atoms with E-state index in [4.69, 9.17) is 9.84 Å². The second-order valence-corrected chi connectivity index (χ2v) is 4.40. The van der Waals surface area contributed by atoms with Crippen LogP contribution in [-0.4, -0.2) is 17.1 Å². The van der Waals surface area contributed by atoms with E-state index >= 15 is 0 Å². The Balaban J connectivity index is 2.13. The van der Waals surface area contributed by atoms with E-state index in [2.05, 4.69) is 16.4 Å². The molecule has 0 saturated heterocycles. The van der Waals surface area contributed by atoms with Crippen molar-refractivity contribution in [3.8, 4) is 11.6 Å². The number of nitrogens with zero attached hydrogens (tertiary/aromatic N) is 1. The number of benzene rings is 1. The standard InChI is InChI=1S/C15H18N2O2/c1-11-7-13(8-16-2)9-17-15(11)19-14-5-3-12(10-18)4-6-14/h3-7,9,16,18H,8,10H2,1-2H3. The van der Waals surface area contributed by atoms with Crippen LogP contribution in [0.1, 0.15) is 16.7 Å². The van der Waals surface area contributed by atoms with Gasteiger partial charge in [0.1, 0.15) is 5.75 Å². The summed E-state index contributed by atoms with van der Waals surface area (Å²) in [6, 6.07) is 9.38. The molecule has 0 saturated carbocycles. The van der Waals surface area contributed by atoms with Crippen LogP contribution in [0.2, 0.25) is 0 Å². The lowest BCUT2D eigenvalue weighted by Crippen LogP contribution is -2.06. The number of aryl methyl sites for hydroxylation is 1. The Morgan fingerprint density at radius 3 is 2.53 bits per heavy atom. The lowest BCUT2D eigenvalue weighted by Gasteiger charge is -2.09. The van der Waals surface area contributed by atoms with Crippen molar-refractivity contribution in [2.45, 2.75) is 20.1 Å². The Bertz CT molecular complexity index is 538. The van der Waals surface area contributed by atoms with Crippen molar-refractivity contribution in [2.24, 2.45) is 0 Å². The third kappa shape index (κ3) is 3.53. The zero-order valence-electron chi connectivity index (χ0n) is 11.2. The normalized spacial score (nSPS) is 10.5. The van der Waals surface area contributed by atoms with Crippen LogP contribution in [0.4, 0.5) is 0 Å². The van der Waals surface area contributed by atoms with Gasteiger partial charge in [0.2, 0.25) is 5.88 Å². The molecular formula is C15H18N2O2. The number of pyridine rings is 1. The molecule has 0 aliphatic rings. The number of ether oxygens (including phenoxy) is 1. The van der Waals surface area contributed by atoms with Gasteiger partial charge in [-0.3, -0.25) is 0 Å². The van der Waals surface area contributed by atoms with Gasteiger partial charge in [-0.15, -0.1) is 0 Å². The Kier molecular flexibility index (Phi) is 4.49. The maximum absolute atomic E-state index is 8.98. The molecule has 0 unspecified atom stereocenters. The average molecular weight is 258 g/mol. The predicted octanol–water partition coefficient (Wildman–Crippen LogP) is 2.39. The summed E-state index contributed by atoms with van der Waals surface area (Å²) in [4.78, 5) is 4.32. The summed E-state index contributed by atoms with van der Waals surface area (Å²) in [7, 11) is 1.91. The molecular weight excluding hydrogens is 240 g/mol. The van der Waals surface area contributed by atoms with E-state index in [0.717, 1.165) is 23.2 Å². The summed E-state index contributed by atoms with van der Waals surface area (Å²) < 4.78 is 5.73. The number of hydrogen-bond donors (Lipinski definition) is 2. The molecule has 0 aliphatic heterocycles. The fourth-order valence-corrected chi connectivity index (χ4v) is 1.80. The summed E-state index contributed by atoms with van der Waals surface area (Å²) in [5, 5.41) is 12.1. The van der Waals surface area contributed by atoms with Crippen molar-refractivity contribution in [3.63, 3.8) is 0 Å². The number of nitrogens with one attached hydrogen (secondary N) is 1. The van der Waals surface area contributed by atoms with Crippen LogP contribution in [-0.2, 0) is 13.2 Å². The Morgan fingerprint density at radius 2 is 1.95 bits per heavy atom. The molecule has 4 nitrogen and oxygen atoms in total. The molecule has 0 amide bonds. The fourth-order valence-electron chi connectivity index (χ4n) is 1.80. The van der Waals surface area contributed by atoms with Gasteiger partial charge in [0.25, 0.3) is 0 Å². The van der Waals surface area contributed by atoms with Gasteiger partial charge in [0.05, 0.1) is 6.61 Å². The van der Waals surface area contributed by atoms with Crippen LogP contribution in [0.25, 0.3) is 0 Å². The molecule has 100 valence electrons. The molecule has 0 fully saturated rings. The highest BCUT2D eigenvalue weighted by Crippen LogP contribution is 2.23. The highest BCUT2D eigenvalue weighted by molar-refractivity contribution is 5.34. The van der Waals surface area contributed by atoms with Crippen molar-refractivity contribution in [3.05, 3.63) is 53.2 Å². The monoisotopic (exact) mass is 258 g/mol. The van der Waals surface area contributed by atoms with Gasteiger partial charge in [-0.05, 0) is 43.3 Å². The second kappa shape index (κ2) is 6.31. The van der Waals surface area contributed by atoms with E-state index in [1.807, 2.05) is 38.2 Å². The summed E-state index contributed by atoms with van der Waals surface area (Å²) in [6.07, 6.45) is 1.81. The number of rotatable bonds is 5. The van der Waals surface area contributed by atoms with Crippen molar-refractivity contribution < 1.29 is 9.84 Å². The molecule has 19 heavy (non-hydrogen) atoms. The summed E-state index contributed by atoms with van der Waals surface area (Å²) >= 11 is 0. The molecule has 0 radical (unpaired) electrons. The number of hydrogen-bond acceptors (Lipinski definition) is 4. The van der Waals surface area contributed by atoms with Crippen molar-refractivity contribution in [1.82, 2.24) is 10.3 Å². The molecule has 1 aromatic carbocycles. The molecule has 0 bridgehead atoms. The van der Waals surface area contributed by atoms with Gasteiger partial charge in [-0.25, -0.2) is 4.98 Å². The molecule has 0 spiro atoms. The molecule has 2 rings (SSSR count). The Labute approximate surface area is 113 Å². The molecule has 0 atom stereocenters. The SMILES string of the molecule is CNCc1cnc(Oc2ccc(CO)cc2)c(C)c1. The number of aromatic nitrogens is 1. The zero-order chi connectivity index (χ0) is 13.7. The van der Waals surface area contributed by atoms with Gasteiger partial charge in [-0.2, -0.15) is 0 Å². The highest BCUT2D eigenvalue weighted by atomic mass is 16.5. The quantitative estimate of drug-likeness (QED) is 0.864. The van der Waals surface area contributed by atoms with E-state index in [0.29, 0.717) is 11.6 Å². The maximum atomic E-state index is 8.98. The highest BCUT2D eigenvalue weighted by Gasteiger charge is 2.04. The van der Waals surface area contributed by atoms with Crippen LogP contribution >= 0.6 is 0 Å². The van der Waals surface area contributed by atoms with Gasteiger partial charge in [0.15, 0.2) is 0 Å². The minimum atomic E-state index is 0.0380. The summed E-state index contributed by atoms with van der Waals surface area (Å²) in [5.74, 6) is 1.32. The topological polar surface area (TPSA) is 54.4 Å². The smallest absolute Gasteiger partial charge is 0.222 e. The Hall–Kier alpha value is -1.91. The third-order valence-corrected chi connectivity index (χ3v) is 2.79. The number of aliphatic hydroxyl groups excluding tert-OH is 1. The maximum Gasteiger partial charge on any atom is 0.222 e. The van der Waals surface area contributed by atoms with E-state index in [1.54, 1.807) is 6.20 Å². The van der Waals surface area contributed by atoms with Gasteiger partial charge in [-0.1, -0.05) is 12.1 Å². The molecule has 1 heterocycles. The van der Waals surface area contributed by atoms with Gasteiger partial charge in [0, 0.05) is 18.3 Å². The first-order chi connectivity index (χ1) is 9.22. The zero-order valence-corrected chi connectivity index (χ0v) is 11.2. The Morgan fingerprint density at radius 1 is 1.21 bits per heavy atom. The van der Waals surface area contributed by atoms with E-state index in [9.17, 15) is 0 Å². The van der Waals surface area contributed by atoms with E-state index in [-0.39, 0.29) is 6.61 Å². The van der Waals surface area contributed by atoms with Crippen LogP contribution in [0.5, 0.6) is 11.6 Å². The first kappa shape index (κ1) is 13.5. The van der Waals surface area contributed by atoms with Gasteiger partial charge < -0.3 is 15.2 Å². The first-order valence-corrected chi connectivity index (χ1v) is 6.20. The summed E-state index contributed by atoms with van der Waals surface area (Å²) in [5.41, 5.74) is 2.99. The molecule has 2 N–H and O–H groups in total. The minimum absolute atomic E-state index is 0.0380. The van der Waals surface area contributed by atoms with Crippen molar-refractivity contribution in [1.29, 1.82) is 0 Å². The van der Waals surface area contributed by atoms with Crippen LogP contribution in [0.15, 0.2) is 36.5 Å². The summed E-state index contributed by atoms with van der Waals surface area (Å²) in [6.45, 7) is 2.80. The minimum Gasteiger partial charge on any atom is -0.439 e. The van der Waals surface area contributed by atoms with Crippen molar-refractivity contribution >= 4 is 0 Å². The van der Waals surface area contributed by atoms with Crippen molar-refractivity contribution in [2.75, 3.05) is 7.05 Å². The average Bonchev–Trinajstić information content (AvgIpc) is 2.43. The molecule has 0 aliphatic carbocycles. The molecule has 1 aromatic heterocycles. The van der Waals surface area contributed by atoms with Gasteiger partial charge >= 0.3 is 0 Å². The molecule has 2 aromatic rings. The number of aliphatic hydroxyl groups is 1. The van der Waals surface area contributed by atoms with E-state index in [1.165, 1.54) is 0 Å². The first-order valence-electron chi connectivity index (χ1n) is 6.20. The van der Waals surface area contributed by atoms with E-state index < -0.39 is 0 Å². The largest absolute Gasteiger partial charge is 0.439 e. The van der Waals surface area contributed by atoms with Crippen LogP contribution in [0.3, 0.4) is 0 Å². The fraction of sp³-hybridized carbons (Fsp3) is 0.267. The second-order valence-electron chi connectivity index (χ2n) is 4.40. The third-order valence-electron chi connectivity index (χ3n) is 2.79. The van der Waals surface area contributed by atoms with Crippen LogP contribution < -0.4 is 10.1 Å². The van der Waals surface area contributed by atoms with Crippen LogP contribution in [0, 0.1) is 6.92 Å². The molecule has 4 heteroatoms.